The summed E-state index contributed by atoms with van der Waals surface area (Å²) in [7, 11) is 1.91. The van der Waals surface area contributed by atoms with Crippen LogP contribution in [0.25, 0.3) is 27.6 Å². The molecule has 0 bridgehead atoms. The van der Waals surface area contributed by atoms with Crippen LogP contribution in [0, 0.1) is 11.3 Å². The quantitative estimate of drug-likeness (QED) is 0.308. The summed E-state index contributed by atoms with van der Waals surface area (Å²) >= 11 is 0. The number of nitrogens with zero attached hydrogens (tertiary/aromatic N) is 3. The normalized spacial score (nSPS) is 15.5. The van der Waals surface area contributed by atoms with Gasteiger partial charge in [-0.3, -0.25) is 4.79 Å². The minimum atomic E-state index is -1.07. The van der Waals surface area contributed by atoms with E-state index in [1.807, 2.05) is 29.8 Å². The fourth-order valence-electron chi connectivity index (χ4n) is 4.49. The number of hydrogen-bond acceptors (Lipinski definition) is 6. The van der Waals surface area contributed by atoms with Crippen molar-refractivity contribution in [3.63, 3.8) is 0 Å². The first kappa shape index (κ1) is 24.5. The third kappa shape index (κ3) is 5.23. The number of allylic oxidation sites excluding steroid dienone is 1. The van der Waals surface area contributed by atoms with E-state index in [0.29, 0.717) is 5.57 Å². The lowest BCUT2D eigenvalue weighted by molar-refractivity contribution is -0.117. The second-order valence-electron chi connectivity index (χ2n) is 8.80. The summed E-state index contributed by atoms with van der Waals surface area (Å²) in [5, 5.41) is 36.2. The Morgan fingerprint density at radius 1 is 1.14 bits per heavy atom. The predicted octanol–water partition coefficient (Wildman–Crippen LogP) is 2.02. The summed E-state index contributed by atoms with van der Waals surface area (Å²) in [4.78, 5) is 14.9. The third-order valence-corrected chi connectivity index (χ3v) is 6.53. The van der Waals surface area contributed by atoms with Crippen LogP contribution in [0.3, 0.4) is 0 Å². The largest absolute Gasteiger partial charge is 0.394 e. The monoisotopic (exact) mass is 473 g/mol. The molecule has 4 N–H and O–H groups in total. The zero-order valence-corrected chi connectivity index (χ0v) is 20.1. The summed E-state index contributed by atoms with van der Waals surface area (Å²) in [5.74, 6) is -0.578. The maximum Gasteiger partial charge on any atom is 0.262 e. The summed E-state index contributed by atoms with van der Waals surface area (Å²) in [6, 6.07) is 18.8. The number of carbonyl (C=O) groups excluding carboxylic acids is 1. The van der Waals surface area contributed by atoms with Gasteiger partial charge in [-0.05, 0) is 59.2 Å². The van der Waals surface area contributed by atoms with E-state index in [1.54, 1.807) is 6.92 Å². The van der Waals surface area contributed by atoms with E-state index in [2.05, 4.69) is 51.9 Å². The molecule has 35 heavy (non-hydrogen) atoms. The zero-order chi connectivity index (χ0) is 24.9. The number of fused-ring (bicyclic) bond motifs is 1. The van der Waals surface area contributed by atoms with E-state index in [0.717, 1.165) is 48.5 Å². The molecule has 1 fully saturated rings. The Kier molecular flexibility index (Phi) is 7.51. The number of nitrogens with one attached hydrogen (secondary N) is 2. The molecule has 0 spiro atoms. The average molecular weight is 474 g/mol. The number of aromatic nitrogens is 1. The molecule has 1 amide bonds. The number of carbonyl (C=O) groups is 1. The number of amides is 1. The second kappa shape index (κ2) is 10.7. The Morgan fingerprint density at radius 3 is 2.57 bits per heavy atom. The zero-order valence-electron chi connectivity index (χ0n) is 20.1. The van der Waals surface area contributed by atoms with Crippen molar-refractivity contribution >= 4 is 27.9 Å². The van der Waals surface area contributed by atoms with Crippen LogP contribution in [0.15, 0.2) is 54.1 Å². The molecule has 0 saturated carbocycles. The van der Waals surface area contributed by atoms with E-state index < -0.39 is 18.6 Å². The van der Waals surface area contributed by atoms with Gasteiger partial charge in [0.25, 0.3) is 5.91 Å². The number of hydrogen-bond donors (Lipinski definition) is 4. The Labute approximate surface area is 205 Å². The second-order valence-corrected chi connectivity index (χ2v) is 8.80. The molecule has 2 aromatic carbocycles. The molecule has 3 aromatic rings. The van der Waals surface area contributed by atoms with Gasteiger partial charge in [-0.1, -0.05) is 18.2 Å². The molecule has 0 radical (unpaired) electrons. The van der Waals surface area contributed by atoms with Crippen LogP contribution in [0.4, 0.5) is 5.69 Å². The van der Waals surface area contributed by atoms with Gasteiger partial charge in [0, 0.05) is 56.8 Å². The lowest BCUT2D eigenvalue weighted by Gasteiger charge is -2.29. The number of piperazine rings is 1. The van der Waals surface area contributed by atoms with Crippen LogP contribution in [0.5, 0.6) is 0 Å². The predicted molar refractivity (Wildman–Crippen MR) is 138 cm³/mol. The maximum absolute atomic E-state index is 12.5. The average Bonchev–Trinajstić information content (AvgIpc) is 3.28. The molecule has 1 unspecified atom stereocenters. The third-order valence-electron chi connectivity index (χ3n) is 6.53. The lowest BCUT2D eigenvalue weighted by atomic mass is 10.0. The van der Waals surface area contributed by atoms with Crippen LogP contribution in [-0.4, -0.2) is 66.1 Å². The highest BCUT2D eigenvalue weighted by Crippen LogP contribution is 2.30. The first-order valence-corrected chi connectivity index (χ1v) is 11.8. The molecule has 1 saturated heterocycles. The Balaban J connectivity index is 1.60. The highest BCUT2D eigenvalue weighted by molar-refractivity contribution is 6.04. The molecule has 1 aromatic heterocycles. The van der Waals surface area contributed by atoms with Crippen molar-refractivity contribution < 1.29 is 15.0 Å². The minimum Gasteiger partial charge on any atom is -0.394 e. The van der Waals surface area contributed by atoms with Crippen molar-refractivity contribution in [1.29, 1.82) is 5.26 Å². The molecule has 182 valence electrons. The van der Waals surface area contributed by atoms with Crippen LogP contribution in [0.1, 0.15) is 12.6 Å². The van der Waals surface area contributed by atoms with Crippen molar-refractivity contribution in [2.75, 3.05) is 44.2 Å². The van der Waals surface area contributed by atoms with Crippen molar-refractivity contribution in [3.8, 4) is 17.3 Å². The van der Waals surface area contributed by atoms with Crippen LogP contribution in [0.2, 0.25) is 0 Å². The first-order chi connectivity index (χ1) is 16.9. The van der Waals surface area contributed by atoms with Gasteiger partial charge in [0.05, 0.1) is 12.7 Å². The molecule has 2 heterocycles. The van der Waals surface area contributed by atoms with Gasteiger partial charge in [-0.15, -0.1) is 0 Å². The standard InChI is InChI=1S/C27H31N5O3/c1-18(24(15-28)27(35)30-16-23(34)17-33)25-7-8-26(31(25)2)21-4-3-20-14-22(6-5-19(20)13-21)32-11-9-29-10-12-32/h3-8,13-14,23,29,33-34H,9-12,16-17H2,1-2H3,(H,30,35)/b24-18+. The fraction of sp³-hybridized carbons (Fsp3) is 0.333. The molecular weight excluding hydrogens is 442 g/mol. The van der Waals surface area contributed by atoms with E-state index >= 15 is 0 Å². The van der Waals surface area contributed by atoms with Crippen molar-refractivity contribution in [1.82, 2.24) is 15.2 Å². The minimum absolute atomic E-state index is 0.0261. The number of aliphatic hydroxyl groups excluding tert-OH is 2. The molecule has 1 atom stereocenters. The smallest absolute Gasteiger partial charge is 0.262 e. The Hall–Kier alpha value is -3.64. The Morgan fingerprint density at radius 2 is 1.86 bits per heavy atom. The first-order valence-electron chi connectivity index (χ1n) is 11.8. The fourth-order valence-corrected chi connectivity index (χ4v) is 4.49. The topological polar surface area (TPSA) is 114 Å². The van der Waals surface area contributed by atoms with Gasteiger partial charge in [0.1, 0.15) is 11.6 Å². The summed E-state index contributed by atoms with van der Waals surface area (Å²) < 4.78 is 1.97. The van der Waals surface area contributed by atoms with E-state index in [-0.39, 0.29) is 12.1 Å². The number of rotatable bonds is 7. The number of anilines is 1. The van der Waals surface area contributed by atoms with E-state index in [9.17, 15) is 15.2 Å². The Bertz CT molecular complexity index is 1300. The van der Waals surface area contributed by atoms with Gasteiger partial charge >= 0.3 is 0 Å². The molecule has 8 nitrogen and oxygen atoms in total. The number of benzene rings is 2. The van der Waals surface area contributed by atoms with Crippen molar-refractivity contribution in [2.24, 2.45) is 7.05 Å². The van der Waals surface area contributed by atoms with Crippen LogP contribution >= 0.6 is 0 Å². The summed E-state index contributed by atoms with van der Waals surface area (Å²) in [6.45, 7) is 5.16. The lowest BCUT2D eigenvalue weighted by Crippen LogP contribution is -2.43. The maximum atomic E-state index is 12.5. The molecule has 1 aliphatic rings. The molecular formula is C27H31N5O3. The van der Waals surface area contributed by atoms with Gasteiger partial charge in [-0.2, -0.15) is 5.26 Å². The van der Waals surface area contributed by atoms with Crippen molar-refractivity contribution in [2.45, 2.75) is 13.0 Å². The summed E-state index contributed by atoms with van der Waals surface area (Å²) in [6.07, 6.45) is -1.07. The molecule has 1 aliphatic heterocycles. The van der Waals surface area contributed by atoms with Crippen LogP contribution in [-0.2, 0) is 11.8 Å². The molecule has 8 heteroatoms. The van der Waals surface area contributed by atoms with Gasteiger partial charge < -0.3 is 30.3 Å². The highest BCUT2D eigenvalue weighted by atomic mass is 16.3. The molecule has 0 aliphatic carbocycles. The number of nitriles is 1. The SMILES string of the molecule is C/C(=C(/C#N)C(=O)NCC(O)CO)c1ccc(-c2ccc3cc(N4CCNCC4)ccc3c2)n1C. The summed E-state index contributed by atoms with van der Waals surface area (Å²) in [5.41, 5.74) is 4.52. The van der Waals surface area contributed by atoms with Gasteiger partial charge in [0.2, 0.25) is 0 Å². The highest BCUT2D eigenvalue weighted by Gasteiger charge is 2.18. The van der Waals surface area contributed by atoms with E-state index in [1.165, 1.54) is 11.1 Å². The van der Waals surface area contributed by atoms with Crippen LogP contribution < -0.4 is 15.5 Å². The van der Waals surface area contributed by atoms with E-state index in [4.69, 9.17) is 5.11 Å². The number of aliphatic hydroxyl groups is 2. The molecule has 4 rings (SSSR count). The van der Waals surface area contributed by atoms with Gasteiger partial charge in [0.15, 0.2) is 0 Å². The van der Waals surface area contributed by atoms with Gasteiger partial charge in [-0.25, -0.2) is 0 Å². The van der Waals surface area contributed by atoms with Crippen molar-refractivity contribution in [3.05, 3.63) is 59.8 Å².